The van der Waals surface area contributed by atoms with Gasteiger partial charge in [-0.15, -0.1) is 12.4 Å². The van der Waals surface area contributed by atoms with Crippen LogP contribution in [-0.4, -0.2) is 12.5 Å². The van der Waals surface area contributed by atoms with E-state index >= 15 is 0 Å². The van der Waals surface area contributed by atoms with Crippen molar-refractivity contribution < 1.29 is 4.79 Å². The molecule has 0 fully saturated rings. The average molecular weight is 359 g/mol. The molecule has 1 aliphatic carbocycles. The predicted molar refractivity (Wildman–Crippen MR) is 106 cm³/mol. The first-order valence-electron chi connectivity index (χ1n) is 8.95. The maximum atomic E-state index is 12.4. The number of benzene rings is 2. The van der Waals surface area contributed by atoms with E-state index in [9.17, 15) is 4.79 Å². The molecule has 4 heteroatoms. The van der Waals surface area contributed by atoms with E-state index in [0.717, 1.165) is 36.3 Å². The number of hydrogen-bond donors (Lipinski definition) is 2. The molecule has 0 aromatic heterocycles. The van der Waals surface area contributed by atoms with E-state index in [4.69, 9.17) is 0 Å². The van der Waals surface area contributed by atoms with Gasteiger partial charge in [0.05, 0.1) is 6.42 Å². The fourth-order valence-electron chi connectivity index (χ4n) is 3.33. The van der Waals surface area contributed by atoms with E-state index in [-0.39, 0.29) is 18.3 Å². The van der Waals surface area contributed by atoms with Crippen molar-refractivity contribution >= 4 is 24.0 Å². The Morgan fingerprint density at radius 1 is 1.04 bits per heavy atom. The zero-order chi connectivity index (χ0) is 16.8. The van der Waals surface area contributed by atoms with Gasteiger partial charge in [0.15, 0.2) is 0 Å². The van der Waals surface area contributed by atoms with Crippen LogP contribution in [0.4, 0.5) is 5.69 Å². The highest BCUT2D eigenvalue weighted by Gasteiger charge is 2.12. The largest absolute Gasteiger partial charge is 0.325 e. The third-order valence-electron chi connectivity index (χ3n) is 4.63. The maximum absolute atomic E-state index is 12.4. The Labute approximate surface area is 156 Å². The van der Waals surface area contributed by atoms with Crippen molar-refractivity contribution in [1.29, 1.82) is 0 Å². The third-order valence-corrected chi connectivity index (χ3v) is 4.63. The van der Waals surface area contributed by atoms with E-state index in [0.29, 0.717) is 6.42 Å². The van der Waals surface area contributed by atoms with Crippen molar-refractivity contribution in [3.8, 4) is 0 Å². The lowest BCUT2D eigenvalue weighted by Crippen LogP contribution is -2.18. The SMILES string of the molecule is CCNCc1ccccc1NC(=O)Cc1ccc2c(c1)CCCC2.Cl. The van der Waals surface area contributed by atoms with Gasteiger partial charge in [-0.2, -0.15) is 0 Å². The molecule has 0 unspecified atom stereocenters. The topological polar surface area (TPSA) is 41.1 Å². The summed E-state index contributed by atoms with van der Waals surface area (Å²) in [4.78, 5) is 12.4. The normalized spacial score (nSPS) is 12.8. The Morgan fingerprint density at radius 2 is 1.80 bits per heavy atom. The average Bonchev–Trinajstić information content (AvgIpc) is 2.61. The van der Waals surface area contributed by atoms with Crippen molar-refractivity contribution in [2.75, 3.05) is 11.9 Å². The van der Waals surface area contributed by atoms with Crippen LogP contribution >= 0.6 is 12.4 Å². The molecule has 1 amide bonds. The zero-order valence-corrected chi connectivity index (χ0v) is 15.6. The summed E-state index contributed by atoms with van der Waals surface area (Å²) in [5.41, 5.74) is 6.03. The van der Waals surface area contributed by atoms with Crippen LogP contribution in [0, 0.1) is 0 Å². The number of para-hydroxylation sites is 1. The molecular weight excluding hydrogens is 332 g/mol. The minimum absolute atomic E-state index is 0. The summed E-state index contributed by atoms with van der Waals surface area (Å²) in [5, 5.41) is 6.38. The molecule has 0 heterocycles. The smallest absolute Gasteiger partial charge is 0.228 e. The van der Waals surface area contributed by atoms with Gasteiger partial charge < -0.3 is 10.6 Å². The lowest BCUT2D eigenvalue weighted by Gasteiger charge is -2.16. The van der Waals surface area contributed by atoms with Crippen molar-refractivity contribution in [2.45, 2.75) is 45.6 Å². The molecule has 2 N–H and O–H groups in total. The molecule has 1 aliphatic rings. The summed E-state index contributed by atoms with van der Waals surface area (Å²) in [6.07, 6.45) is 5.31. The number of halogens is 1. The lowest BCUT2D eigenvalue weighted by atomic mass is 9.90. The number of fused-ring (bicyclic) bond motifs is 1. The van der Waals surface area contributed by atoms with Gasteiger partial charge in [-0.1, -0.05) is 43.3 Å². The zero-order valence-electron chi connectivity index (χ0n) is 14.8. The summed E-state index contributed by atoms with van der Waals surface area (Å²) in [5.74, 6) is 0.0507. The van der Waals surface area contributed by atoms with Crippen LogP contribution in [0.25, 0.3) is 0 Å². The summed E-state index contributed by atoms with van der Waals surface area (Å²) in [6, 6.07) is 14.5. The number of nitrogens with one attached hydrogen (secondary N) is 2. The molecule has 0 spiro atoms. The number of carbonyl (C=O) groups excluding carboxylic acids is 1. The minimum atomic E-state index is 0. The second-order valence-electron chi connectivity index (χ2n) is 6.47. The van der Waals surface area contributed by atoms with Crippen LogP contribution in [-0.2, 0) is 30.6 Å². The number of anilines is 1. The first-order valence-corrected chi connectivity index (χ1v) is 8.95. The highest BCUT2D eigenvalue weighted by Crippen LogP contribution is 2.23. The summed E-state index contributed by atoms with van der Waals surface area (Å²) in [7, 11) is 0. The van der Waals surface area contributed by atoms with Gasteiger partial charge in [-0.3, -0.25) is 4.79 Å². The fourth-order valence-corrected chi connectivity index (χ4v) is 3.33. The molecule has 0 aliphatic heterocycles. The molecule has 0 saturated carbocycles. The highest BCUT2D eigenvalue weighted by molar-refractivity contribution is 5.93. The van der Waals surface area contributed by atoms with Crippen molar-refractivity contribution in [3.05, 3.63) is 64.7 Å². The van der Waals surface area contributed by atoms with Crippen molar-refractivity contribution in [2.24, 2.45) is 0 Å². The number of hydrogen-bond acceptors (Lipinski definition) is 2. The number of amides is 1. The van der Waals surface area contributed by atoms with Crippen LogP contribution in [0.2, 0.25) is 0 Å². The van der Waals surface area contributed by atoms with Crippen LogP contribution in [0.5, 0.6) is 0 Å². The molecule has 0 atom stereocenters. The fraction of sp³-hybridized carbons (Fsp3) is 0.381. The Hall–Kier alpha value is -1.84. The van der Waals surface area contributed by atoms with Gasteiger partial charge in [-0.25, -0.2) is 0 Å². The molecule has 3 rings (SSSR count). The summed E-state index contributed by atoms with van der Waals surface area (Å²) in [6.45, 7) is 3.76. The molecule has 2 aromatic rings. The van der Waals surface area contributed by atoms with Crippen LogP contribution in [0.3, 0.4) is 0 Å². The van der Waals surface area contributed by atoms with E-state index in [1.165, 1.54) is 30.4 Å². The maximum Gasteiger partial charge on any atom is 0.228 e. The molecule has 3 nitrogen and oxygen atoms in total. The second kappa shape index (κ2) is 9.59. The van der Waals surface area contributed by atoms with Crippen molar-refractivity contribution in [3.63, 3.8) is 0 Å². The molecule has 0 bridgehead atoms. The Balaban J connectivity index is 0.00000225. The van der Waals surface area contributed by atoms with Gasteiger partial charge in [0, 0.05) is 12.2 Å². The Kier molecular flexibility index (Phi) is 7.48. The first kappa shape index (κ1) is 19.5. The van der Waals surface area contributed by atoms with Crippen molar-refractivity contribution in [1.82, 2.24) is 5.32 Å². The second-order valence-corrected chi connectivity index (χ2v) is 6.47. The molecule has 134 valence electrons. The Bertz CT molecular complexity index is 715. The molecular formula is C21H27ClN2O. The van der Waals surface area contributed by atoms with Crippen LogP contribution < -0.4 is 10.6 Å². The monoisotopic (exact) mass is 358 g/mol. The van der Waals surface area contributed by atoms with Gasteiger partial charge in [-0.05, 0) is 60.5 Å². The standard InChI is InChI=1S/C21H26N2O.ClH/c1-2-22-15-19-9-5-6-10-20(19)23-21(24)14-16-11-12-17-7-3-4-8-18(17)13-16;/h5-6,9-13,22H,2-4,7-8,14-15H2,1H3,(H,23,24);1H. The van der Waals surface area contributed by atoms with E-state index in [2.05, 4.69) is 41.8 Å². The van der Waals surface area contributed by atoms with Gasteiger partial charge in [0.25, 0.3) is 0 Å². The third kappa shape index (κ3) is 5.32. The molecule has 2 aromatic carbocycles. The number of carbonyl (C=O) groups is 1. The van der Waals surface area contributed by atoms with Gasteiger partial charge >= 0.3 is 0 Å². The van der Waals surface area contributed by atoms with Gasteiger partial charge in [0.2, 0.25) is 5.91 Å². The van der Waals surface area contributed by atoms with E-state index < -0.39 is 0 Å². The molecule has 0 saturated heterocycles. The number of aryl methyl sites for hydroxylation is 2. The summed E-state index contributed by atoms with van der Waals surface area (Å²) < 4.78 is 0. The Morgan fingerprint density at radius 3 is 2.60 bits per heavy atom. The summed E-state index contributed by atoms with van der Waals surface area (Å²) >= 11 is 0. The number of rotatable bonds is 6. The highest BCUT2D eigenvalue weighted by atomic mass is 35.5. The minimum Gasteiger partial charge on any atom is -0.325 e. The quantitative estimate of drug-likeness (QED) is 0.809. The lowest BCUT2D eigenvalue weighted by molar-refractivity contribution is -0.115. The first-order chi connectivity index (χ1) is 11.8. The molecule has 0 radical (unpaired) electrons. The predicted octanol–water partition coefficient (Wildman–Crippen LogP) is 4.28. The van der Waals surface area contributed by atoms with Crippen LogP contribution in [0.1, 0.15) is 42.0 Å². The van der Waals surface area contributed by atoms with Crippen LogP contribution in [0.15, 0.2) is 42.5 Å². The van der Waals surface area contributed by atoms with Gasteiger partial charge in [0.1, 0.15) is 0 Å². The van der Waals surface area contributed by atoms with E-state index in [1.807, 2.05) is 18.2 Å². The van der Waals surface area contributed by atoms with E-state index in [1.54, 1.807) is 0 Å². The molecule has 25 heavy (non-hydrogen) atoms.